The quantitative estimate of drug-likeness (QED) is 0.116. The van der Waals surface area contributed by atoms with Gasteiger partial charge in [-0.1, -0.05) is 36.8 Å². The van der Waals surface area contributed by atoms with Gasteiger partial charge in [-0.25, -0.2) is 10.3 Å². The number of hydroxylamine groups is 1. The van der Waals surface area contributed by atoms with Crippen molar-refractivity contribution in [3.63, 3.8) is 0 Å². The molecule has 2 amide bonds. The predicted molar refractivity (Wildman–Crippen MR) is 110 cm³/mol. The monoisotopic (exact) mass is 421 g/mol. The van der Waals surface area contributed by atoms with Gasteiger partial charge in [-0.05, 0) is 37.9 Å². The van der Waals surface area contributed by atoms with Crippen LogP contribution >= 0.6 is 0 Å². The average molecular weight is 421 g/mol. The molecule has 0 spiro atoms. The molecule has 9 nitrogen and oxygen atoms in total. The number of carboxylic acid groups (broad SMARTS) is 1. The second-order valence-corrected chi connectivity index (χ2v) is 7.08. The number of unbranched alkanes of at least 4 members (excludes halogenated alkanes) is 2. The number of hydrogen-bond donors (Lipinski definition) is 5. The molecule has 0 aliphatic carbocycles. The van der Waals surface area contributed by atoms with Gasteiger partial charge in [0.25, 0.3) is 0 Å². The Kier molecular flexibility index (Phi) is 12.7. The molecule has 0 radical (unpaired) electrons. The van der Waals surface area contributed by atoms with Crippen LogP contribution in [0.5, 0.6) is 0 Å². The molecule has 0 bridgehead atoms. The minimum Gasteiger partial charge on any atom is -0.480 e. The van der Waals surface area contributed by atoms with Crippen LogP contribution in [-0.2, 0) is 25.6 Å². The Bertz CT molecular complexity index is 668. The fourth-order valence-electron chi connectivity index (χ4n) is 3.01. The maximum atomic E-state index is 12.7. The molecule has 1 aromatic rings. The van der Waals surface area contributed by atoms with E-state index in [1.165, 1.54) is 5.48 Å². The van der Waals surface area contributed by atoms with E-state index in [4.69, 9.17) is 5.21 Å². The molecule has 1 rings (SSSR count). The maximum absolute atomic E-state index is 12.7. The first-order chi connectivity index (χ1) is 14.5. The van der Waals surface area contributed by atoms with Gasteiger partial charge in [0.1, 0.15) is 12.3 Å². The van der Waals surface area contributed by atoms with Crippen LogP contribution in [0.1, 0.15) is 44.1 Å². The van der Waals surface area contributed by atoms with E-state index in [1.807, 2.05) is 6.07 Å². The van der Waals surface area contributed by atoms with Gasteiger partial charge < -0.3 is 20.5 Å². The smallest absolute Gasteiger partial charge is 0.326 e. The summed E-state index contributed by atoms with van der Waals surface area (Å²) in [7, 11) is 0. The van der Waals surface area contributed by atoms with Crippen LogP contribution in [-0.4, -0.2) is 53.5 Å². The minimum atomic E-state index is -1.16. The summed E-state index contributed by atoms with van der Waals surface area (Å²) >= 11 is 0. The van der Waals surface area contributed by atoms with Crippen LogP contribution in [0.25, 0.3) is 0 Å². The van der Waals surface area contributed by atoms with Crippen molar-refractivity contribution >= 4 is 24.1 Å². The molecule has 0 fully saturated rings. The standard InChI is InChI=1S/C21H31N3O6/c25-13-7-6-12-22-11-5-4-10-17(15-19(26)24-30)20(27)23-18(21(28)29)14-16-8-2-1-3-9-16/h1-3,8-9,13,17-18,22,30H,4-7,10-12,14-15H2,(H,23,27)(H,24,26)(H,28,29)/t17?,18-/m0/s1. The summed E-state index contributed by atoms with van der Waals surface area (Å²) in [6.07, 6.45) is 3.85. The van der Waals surface area contributed by atoms with Gasteiger partial charge in [0.15, 0.2) is 0 Å². The summed E-state index contributed by atoms with van der Waals surface area (Å²) < 4.78 is 0. The molecule has 9 heteroatoms. The topological polar surface area (TPSA) is 145 Å². The van der Waals surface area contributed by atoms with Crippen LogP contribution in [0.15, 0.2) is 30.3 Å². The van der Waals surface area contributed by atoms with Crippen molar-refractivity contribution in [1.82, 2.24) is 16.1 Å². The second-order valence-electron chi connectivity index (χ2n) is 7.08. The molecule has 1 unspecified atom stereocenters. The normalized spacial score (nSPS) is 12.6. The van der Waals surface area contributed by atoms with E-state index in [0.717, 1.165) is 31.2 Å². The highest BCUT2D eigenvalue weighted by Crippen LogP contribution is 2.14. The van der Waals surface area contributed by atoms with E-state index in [0.29, 0.717) is 25.8 Å². The third-order valence-corrected chi connectivity index (χ3v) is 4.66. The van der Waals surface area contributed by atoms with Crippen LogP contribution in [0.4, 0.5) is 0 Å². The lowest BCUT2D eigenvalue weighted by atomic mass is 9.96. The number of aliphatic carboxylic acids is 1. The average Bonchev–Trinajstić information content (AvgIpc) is 2.74. The van der Waals surface area contributed by atoms with Gasteiger partial charge in [-0.15, -0.1) is 0 Å². The summed E-state index contributed by atoms with van der Waals surface area (Å²) in [4.78, 5) is 46.1. The second kappa shape index (κ2) is 15.1. The summed E-state index contributed by atoms with van der Waals surface area (Å²) in [6.45, 7) is 1.44. The number of carboxylic acids is 1. The Labute approximate surface area is 176 Å². The molecular weight excluding hydrogens is 390 g/mol. The number of carbonyl (C=O) groups excluding carboxylic acids is 3. The zero-order valence-electron chi connectivity index (χ0n) is 17.0. The molecule has 5 N–H and O–H groups in total. The Morgan fingerprint density at radius 1 is 1.03 bits per heavy atom. The molecule has 0 aromatic heterocycles. The largest absolute Gasteiger partial charge is 0.480 e. The number of carbonyl (C=O) groups is 4. The number of rotatable bonds is 16. The molecular formula is C21H31N3O6. The first-order valence-electron chi connectivity index (χ1n) is 10.1. The summed E-state index contributed by atoms with van der Waals surface area (Å²) in [5.41, 5.74) is 2.29. The Morgan fingerprint density at radius 2 is 1.73 bits per heavy atom. The van der Waals surface area contributed by atoms with Gasteiger partial charge in [-0.2, -0.15) is 0 Å². The Morgan fingerprint density at radius 3 is 2.37 bits per heavy atom. The molecule has 2 atom stereocenters. The number of aldehydes is 1. The fourth-order valence-corrected chi connectivity index (χ4v) is 3.01. The lowest BCUT2D eigenvalue weighted by molar-refractivity contribution is -0.143. The highest BCUT2D eigenvalue weighted by molar-refractivity contribution is 5.88. The third-order valence-electron chi connectivity index (χ3n) is 4.66. The number of nitrogens with one attached hydrogen (secondary N) is 3. The lowest BCUT2D eigenvalue weighted by Crippen LogP contribution is -2.45. The van der Waals surface area contributed by atoms with E-state index in [2.05, 4.69) is 10.6 Å². The molecule has 30 heavy (non-hydrogen) atoms. The van der Waals surface area contributed by atoms with E-state index in [-0.39, 0.29) is 12.8 Å². The van der Waals surface area contributed by atoms with Crippen LogP contribution in [0, 0.1) is 5.92 Å². The van der Waals surface area contributed by atoms with Gasteiger partial charge >= 0.3 is 5.97 Å². The van der Waals surface area contributed by atoms with E-state index in [1.54, 1.807) is 24.3 Å². The fraction of sp³-hybridized carbons (Fsp3) is 0.524. The summed E-state index contributed by atoms with van der Waals surface area (Å²) in [5, 5.41) is 24.0. The van der Waals surface area contributed by atoms with Crippen LogP contribution in [0.3, 0.4) is 0 Å². The Hall–Kier alpha value is -2.78. The van der Waals surface area contributed by atoms with E-state index >= 15 is 0 Å². The number of benzene rings is 1. The van der Waals surface area contributed by atoms with Crippen LogP contribution in [0.2, 0.25) is 0 Å². The lowest BCUT2D eigenvalue weighted by Gasteiger charge is -2.20. The van der Waals surface area contributed by atoms with Crippen molar-refractivity contribution in [2.45, 2.75) is 51.0 Å². The summed E-state index contributed by atoms with van der Waals surface area (Å²) in [5.74, 6) is -3.13. The van der Waals surface area contributed by atoms with E-state index < -0.39 is 29.7 Å². The SMILES string of the molecule is O=CCCCNCCCCC(CC(=O)NO)C(=O)N[C@@H](Cc1ccccc1)C(=O)O. The molecule has 1 aromatic carbocycles. The molecule has 0 saturated heterocycles. The molecule has 0 aliphatic heterocycles. The third kappa shape index (κ3) is 10.7. The highest BCUT2D eigenvalue weighted by Gasteiger charge is 2.27. The van der Waals surface area contributed by atoms with Crippen molar-refractivity contribution in [3.05, 3.63) is 35.9 Å². The Balaban J connectivity index is 2.57. The first-order valence-corrected chi connectivity index (χ1v) is 10.1. The number of amides is 2. The number of hydrogen-bond acceptors (Lipinski definition) is 6. The summed E-state index contributed by atoms with van der Waals surface area (Å²) in [6, 6.07) is 7.84. The highest BCUT2D eigenvalue weighted by atomic mass is 16.5. The van der Waals surface area contributed by atoms with Gasteiger partial charge in [-0.3, -0.25) is 14.8 Å². The van der Waals surface area contributed by atoms with Crippen molar-refractivity contribution < 1.29 is 29.5 Å². The van der Waals surface area contributed by atoms with Crippen LogP contribution < -0.4 is 16.1 Å². The zero-order chi connectivity index (χ0) is 22.2. The zero-order valence-corrected chi connectivity index (χ0v) is 17.0. The first kappa shape index (κ1) is 25.3. The van der Waals surface area contributed by atoms with Crippen molar-refractivity contribution in [1.29, 1.82) is 0 Å². The van der Waals surface area contributed by atoms with Gasteiger partial charge in [0.2, 0.25) is 11.8 Å². The molecule has 166 valence electrons. The minimum absolute atomic E-state index is 0.130. The van der Waals surface area contributed by atoms with E-state index in [9.17, 15) is 24.3 Å². The van der Waals surface area contributed by atoms with Crippen molar-refractivity contribution in [2.75, 3.05) is 13.1 Å². The van der Waals surface area contributed by atoms with Gasteiger partial charge in [0.05, 0.1) is 0 Å². The predicted octanol–water partition coefficient (Wildman–Crippen LogP) is 1.05. The van der Waals surface area contributed by atoms with Gasteiger partial charge in [0, 0.05) is 25.2 Å². The maximum Gasteiger partial charge on any atom is 0.326 e. The van der Waals surface area contributed by atoms with Crippen molar-refractivity contribution in [3.8, 4) is 0 Å². The molecule has 0 saturated carbocycles. The molecule has 0 heterocycles. The molecule has 0 aliphatic rings. The van der Waals surface area contributed by atoms with Crippen molar-refractivity contribution in [2.24, 2.45) is 5.92 Å².